The summed E-state index contributed by atoms with van der Waals surface area (Å²) in [4.78, 5) is 30.4. The summed E-state index contributed by atoms with van der Waals surface area (Å²) in [5.41, 5.74) is 4.35. The summed E-state index contributed by atoms with van der Waals surface area (Å²) in [5.74, 6) is 0.487. The van der Waals surface area contributed by atoms with Crippen molar-refractivity contribution in [3.8, 4) is 5.88 Å². The van der Waals surface area contributed by atoms with E-state index in [0.29, 0.717) is 34.4 Å². The molecule has 2 aromatic heterocycles. The van der Waals surface area contributed by atoms with E-state index in [1.54, 1.807) is 6.08 Å². The highest BCUT2D eigenvalue weighted by Crippen LogP contribution is 2.36. The fourth-order valence-electron chi connectivity index (χ4n) is 4.94. The first kappa shape index (κ1) is 34.4. The zero-order chi connectivity index (χ0) is 32.1. The van der Waals surface area contributed by atoms with Gasteiger partial charge in [0.15, 0.2) is 14.6 Å². The Bertz CT molecular complexity index is 1560. The number of para-hydroxylation sites is 4. The lowest BCUT2D eigenvalue weighted by Gasteiger charge is -2.36. The molecule has 4 rings (SSSR count). The van der Waals surface area contributed by atoms with Crippen LogP contribution in [-0.4, -0.2) is 47.8 Å². The SMILES string of the molecule is CC(C)(C)[Si](C)(C)OCCCCCCCCCCCCOc1nc2ccccc2nc1/C=C/c1nc2ccccc2nc1C=O. The average Bonchev–Trinajstić information content (AvgIpc) is 3.02. The van der Waals surface area contributed by atoms with Crippen LogP contribution in [-0.2, 0) is 4.43 Å². The van der Waals surface area contributed by atoms with Crippen LogP contribution in [0.4, 0.5) is 0 Å². The number of aromatic nitrogens is 4. The number of rotatable bonds is 18. The van der Waals surface area contributed by atoms with Crippen molar-refractivity contribution < 1.29 is 14.0 Å². The van der Waals surface area contributed by atoms with Gasteiger partial charge in [0.05, 0.1) is 34.4 Å². The van der Waals surface area contributed by atoms with Crippen LogP contribution < -0.4 is 4.74 Å². The molecule has 0 saturated carbocycles. The fraction of sp³-hybridized carbons (Fsp3) is 0.486. The molecule has 240 valence electrons. The first-order valence-electron chi connectivity index (χ1n) is 16.6. The van der Waals surface area contributed by atoms with E-state index in [2.05, 4.69) is 43.8 Å². The number of ether oxygens (including phenoxy) is 1. The van der Waals surface area contributed by atoms with E-state index in [1.165, 1.54) is 51.4 Å². The van der Waals surface area contributed by atoms with Crippen molar-refractivity contribution in [1.29, 1.82) is 0 Å². The number of hydrogen-bond acceptors (Lipinski definition) is 7. The predicted octanol–water partition coefficient (Wildman–Crippen LogP) is 9.86. The Labute approximate surface area is 270 Å². The molecule has 0 aliphatic carbocycles. The molecular formula is C37H50N4O3Si. The molecule has 0 spiro atoms. The fourth-order valence-corrected chi connectivity index (χ4v) is 6.03. The summed E-state index contributed by atoms with van der Waals surface area (Å²) in [7, 11) is -1.60. The molecule has 2 heterocycles. The van der Waals surface area contributed by atoms with Gasteiger partial charge >= 0.3 is 0 Å². The second kappa shape index (κ2) is 16.7. The number of aldehydes is 1. The van der Waals surface area contributed by atoms with E-state index in [4.69, 9.17) is 19.1 Å². The van der Waals surface area contributed by atoms with Crippen LogP contribution >= 0.6 is 0 Å². The standard InChI is InChI=1S/C37H50N4O3Si/c1-37(2,3)45(4,5)44-27-19-13-11-9-7-6-8-10-12-18-26-43-36-34(39-31-22-16-17-23-32(31)41-36)25-24-33-35(28-42)40-30-21-15-14-20-29(30)38-33/h14-17,20-25,28H,6-13,18-19,26-27H2,1-5H3/b25-24+. The van der Waals surface area contributed by atoms with Gasteiger partial charge in [0.2, 0.25) is 5.88 Å². The smallest absolute Gasteiger partial charge is 0.240 e. The molecule has 0 fully saturated rings. The van der Waals surface area contributed by atoms with Crippen molar-refractivity contribution in [3.05, 3.63) is 65.6 Å². The molecular weight excluding hydrogens is 577 g/mol. The Morgan fingerprint density at radius 2 is 1.02 bits per heavy atom. The summed E-state index contributed by atoms with van der Waals surface area (Å²) in [5, 5.41) is 0.294. The minimum absolute atomic E-state index is 0.285. The van der Waals surface area contributed by atoms with E-state index in [-0.39, 0.29) is 5.69 Å². The van der Waals surface area contributed by atoms with E-state index in [1.807, 2.05) is 54.6 Å². The van der Waals surface area contributed by atoms with Crippen LogP contribution in [0.5, 0.6) is 5.88 Å². The monoisotopic (exact) mass is 626 g/mol. The van der Waals surface area contributed by atoms with Crippen molar-refractivity contribution in [2.75, 3.05) is 13.2 Å². The van der Waals surface area contributed by atoms with Gasteiger partial charge in [0.25, 0.3) is 0 Å². The van der Waals surface area contributed by atoms with Crippen LogP contribution in [0.15, 0.2) is 48.5 Å². The van der Waals surface area contributed by atoms with E-state index in [9.17, 15) is 4.79 Å². The molecule has 7 nitrogen and oxygen atoms in total. The molecule has 8 heteroatoms. The molecule has 0 bridgehead atoms. The van der Waals surface area contributed by atoms with Crippen molar-refractivity contribution in [2.24, 2.45) is 0 Å². The van der Waals surface area contributed by atoms with Gasteiger partial charge < -0.3 is 9.16 Å². The minimum atomic E-state index is -1.60. The average molecular weight is 627 g/mol. The number of hydrogen-bond donors (Lipinski definition) is 0. The Morgan fingerprint density at radius 3 is 1.53 bits per heavy atom. The highest BCUT2D eigenvalue weighted by Gasteiger charge is 2.36. The zero-order valence-electron chi connectivity index (χ0n) is 27.8. The molecule has 45 heavy (non-hydrogen) atoms. The van der Waals surface area contributed by atoms with Crippen LogP contribution in [0.3, 0.4) is 0 Å². The Balaban J connectivity index is 1.19. The highest BCUT2D eigenvalue weighted by atomic mass is 28.4. The molecule has 0 N–H and O–H groups in total. The summed E-state index contributed by atoms with van der Waals surface area (Å²) in [6.07, 6.45) is 16.6. The number of carbonyl (C=O) groups excluding carboxylic acids is 1. The molecule has 0 saturated heterocycles. The summed E-state index contributed by atoms with van der Waals surface area (Å²) < 4.78 is 12.4. The molecule has 0 radical (unpaired) electrons. The first-order valence-corrected chi connectivity index (χ1v) is 19.5. The lowest BCUT2D eigenvalue weighted by atomic mass is 10.1. The van der Waals surface area contributed by atoms with Crippen molar-refractivity contribution in [3.63, 3.8) is 0 Å². The molecule has 0 unspecified atom stereocenters. The van der Waals surface area contributed by atoms with E-state index >= 15 is 0 Å². The second-order valence-corrected chi connectivity index (χ2v) is 18.1. The van der Waals surface area contributed by atoms with E-state index in [0.717, 1.165) is 42.3 Å². The zero-order valence-corrected chi connectivity index (χ0v) is 28.8. The predicted molar refractivity (Wildman–Crippen MR) is 188 cm³/mol. The number of nitrogens with zero attached hydrogens (tertiary/aromatic N) is 4. The van der Waals surface area contributed by atoms with Gasteiger partial charge in [-0.25, -0.2) is 19.9 Å². The van der Waals surface area contributed by atoms with Gasteiger partial charge in [-0.2, -0.15) is 0 Å². The van der Waals surface area contributed by atoms with Gasteiger partial charge in [-0.15, -0.1) is 0 Å². The van der Waals surface area contributed by atoms with Gasteiger partial charge in [-0.1, -0.05) is 96.4 Å². The maximum atomic E-state index is 11.7. The second-order valence-electron chi connectivity index (χ2n) is 13.3. The summed E-state index contributed by atoms with van der Waals surface area (Å²) in [6.45, 7) is 13.1. The quantitative estimate of drug-likeness (QED) is 0.0617. The van der Waals surface area contributed by atoms with Crippen LogP contribution in [0.25, 0.3) is 34.2 Å². The van der Waals surface area contributed by atoms with Gasteiger partial charge in [0.1, 0.15) is 11.4 Å². The van der Waals surface area contributed by atoms with Crippen molar-refractivity contribution in [2.45, 2.75) is 103 Å². The Morgan fingerprint density at radius 1 is 0.600 bits per heavy atom. The minimum Gasteiger partial charge on any atom is -0.476 e. The number of fused-ring (bicyclic) bond motifs is 2. The number of benzene rings is 2. The molecule has 0 amide bonds. The molecule has 0 atom stereocenters. The lowest BCUT2D eigenvalue weighted by Crippen LogP contribution is -2.40. The first-order chi connectivity index (χ1) is 21.7. The molecule has 4 aromatic rings. The van der Waals surface area contributed by atoms with Crippen LogP contribution in [0, 0.1) is 0 Å². The van der Waals surface area contributed by atoms with Crippen molar-refractivity contribution in [1.82, 2.24) is 19.9 Å². The topological polar surface area (TPSA) is 87.1 Å². The number of unbranched alkanes of at least 4 members (excludes halogenated alkanes) is 9. The third kappa shape index (κ3) is 10.3. The third-order valence-corrected chi connectivity index (χ3v) is 13.3. The van der Waals surface area contributed by atoms with Crippen LogP contribution in [0.2, 0.25) is 18.1 Å². The third-order valence-electron chi connectivity index (χ3n) is 8.75. The van der Waals surface area contributed by atoms with Crippen molar-refractivity contribution >= 4 is 48.8 Å². The number of carbonyl (C=O) groups is 1. The van der Waals surface area contributed by atoms with E-state index < -0.39 is 8.32 Å². The summed E-state index contributed by atoms with van der Waals surface area (Å²) in [6, 6.07) is 15.3. The largest absolute Gasteiger partial charge is 0.476 e. The van der Waals surface area contributed by atoms with Gasteiger partial charge in [0, 0.05) is 6.61 Å². The molecule has 2 aromatic carbocycles. The maximum absolute atomic E-state index is 11.7. The normalized spacial score (nSPS) is 12.4. The summed E-state index contributed by atoms with van der Waals surface area (Å²) >= 11 is 0. The molecule has 0 aliphatic heterocycles. The highest BCUT2D eigenvalue weighted by molar-refractivity contribution is 6.74. The maximum Gasteiger partial charge on any atom is 0.240 e. The van der Waals surface area contributed by atoms with Gasteiger partial charge in [-0.3, -0.25) is 4.79 Å². The Kier molecular flexibility index (Phi) is 12.8. The lowest BCUT2D eigenvalue weighted by molar-refractivity contribution is 0.111. The Hall–Kier alpha value is -3.49. The van der Waals surface area contributed by atoms with Crippen LogP contribution in [0.1, 0.15) is 107 Å². The molecule has 0 aliphatic rings. The van der Waals surface area contributed by atoms with Gasteiger partial charge in [-0.05, 0) is 67.4 Å².